The molecule has 3 heteroatoms. The molecule has 0 radical (unpaired) electrons. The number of carbonyl (C=O) groups excluding carboxylic acids is 1. The van der Waals surface area contributed by atoms with Crippen molar-refractivity contribution in [3.8, 4) is 0 Å². The van der Waals surface area contributed by atoms with E-state index >= 15 is 0 Å². The number of hydrogen-bond acceptors (Lipinski definition) is 1. The molecule has 0 aliphatic carbocycles. The van der Waals surface area contributed by atoms with E-state index in [1.54, 1.807) is 6.92 Å². The molecule has 1 heterocycles. The monoisotopic (exact) mass is 203 g/mol. The van der Waals surface area contributed by atoms with E-state index in [2.05, 4.69) is 20.8 Å². The van der Waals surface area contributed by atoms with Gasteiger partial charge in [-0.2, -0.15) is 0 Å². The highest BCUT2D eigenvalue weighted by atomic mass is 35.5. The number of hydrogen-bond donors (Lipinski definition) is 0. The second kappa shape index (κ2) is 3.49. The minimum absolute atomic E-state index is 0.0142. The van der Waals surface area contributed by atoms with Gasteiger partial charge in [0.25, 0.3) is 0 Å². The van der Waals surface area contributed by atoms with Crippen molar-refractivity contribution in [1.29, 1.82) is 0 Å². The van der Waals surface area contributed by atoms with Crippen LogP contribution in [-0.4, -0.2) is 28.3 Å². The molecular weight excluding hydrogens is 186 g/mol. The van der Waals surface area contributed by atoms with Crippen LogP contribution >= 0.6 is 11.6 Å². The molecule has 2 atom stereocenters. The molecule has 0 aromatic carbocycles. The summed E-state index contributed by atoms with van der Waals surface area (Å²) in [5.74, 6) is 0.658. The molecule has 76 valence electrons. The molecule has 0 saturated carbocycles. The van der Waals surface area contributed by atoms with Gasteiger partial charge in [-0.25, -0.2) is 0 Å². The van der Waals surface area contributed by atoms with Crippen LogP contribution in [0.2, 0.25) is 0 Å². The lowest BCUT2D eigenvalue weighted by Crippen LogP contribution is -2.45. The number of alkyl halides is 1. The number of rotatable bonds is 1. The Morgan fingerprint density at radius 1 is 1.62 bits per heavy atom. The third kappa shape index (κ3) is 2.16. The van der Waals surface area contributed by atoms with Gasteiger partial charge in [-0.1, -0.05) is 6.92 Å². The summed E-state index contributed by atoms with van der Waals surface area (Å²) in [6.07, 6.45) is 1.07. The van der Waals surface area contributed by atoms with Crippen molar-refractivity contribution in [1.82, 2.24) is 4.90 Å². The Morgan fingerprint density at radius 3 is 2.46 bits per heavy atom. The molecule has 0 bridgehead atoms. The molecule has 1 saturated heterocycles. The quantitative estimate of drug-likeness (QED) is 0.599. The van der Waals surface area contributed by atoms with Crippen LogP contribution in [0.1, 0.15) is 34.1 Å². The van der Waals surface area contributed by atoms with Crippen molar-refractivity contribution in [2.45, 2.75) is 45.0 Å². The van der Waals surface area contributed by atoms with Crippen molar-refractivity contribution in [3.05, 3.63) is 0 Å². The number of likely N-dealkylation sites (tertiary alicyclic amines) is 1. The van der Waals surface area contributed by atoms with Crippen LogP contribution < -0.4 is 0 Å². The lowest BCUT2D eigenvalue weighted by Gasteiger charge is -2.32. The lowest BCUT2D eigenvalue weighted by molar-refractivity contribution is -0.133. The summed E-state index contributed by atoms with van der Waals surface area (Å²) in [5, 5.41) is -0.399. The molecule has 0 aromatic rings. The zero-order valence-electron chi connectivity index (χ0n) is 8.80. The normalized spacial score (nSPS) is 29.0. The summed E-state index contributed by atoms with van der Waals surface area (Å²) in [7, 11) is 0. The standard InChI is InChI=1S/C10H18ClNO/c1-7-5-10(3,4)12(6-7)9(13)8(2)11/h7-8H,5-6H2,1-4H3. The van der Waals surface area contributed by atoms with E-state index in [9.17, 15) is 4.79 Å². The highest BCUT2D eigenvalue weighted by molar-refractivity contribution is 6.30. The van der Waals surface area contributed by atoms with E-state index < -0.39 is 5.38 Å². The Hall–Kier alpha value is -0.240. The fourth-order valence-corrected chi connectivity index (χ4v) is 2.31. The predicted molar refractivity (Wildman–Crippen MR) is 54.9 cm³/mol. The van der Waals surface area contributed by atoms with E-state index in [0.29, 0.717) is 5.92 Å². The second-order valence-corrected chi connectivity index (χ2v) is 5.34. The zero-order chi connectivity index (χ0) is 10.2. The average molecular weight is 204 g/mol. The van der Waals surface area contributed by atoms with Gasteiger partial charge in [0.2, 0.25) is 5.91 Å². The zero-order valence-corrected chi connectivity index (χ0v) is 9.56. The Kier molecular flexibility index (Phi) is 2.91. The van der Waals surface area contributed by atoms with Gasteiger partial charge in [0.05, 0.1) is 0 Å². The molecule has 0 N–H and O–H groups in total. The van der Waals surface area contributed by atoms with Gasteiger partial charge >= 0.3 is 0 Å². The first-order chi connectivity index (χ1) is 5.84. The number of amides is 1. The number of carbonyl (C=O) groups is 1. The molecule has 1 aliphatic rings. The summed E-state index contributed by atoms with van der Waals surface area (Å²) in [6.45, 7) is 8.97. The Labute approximate surface area is 85.2 Å². The van der Waals surface area contributed by atoms with Crippen molar-refractivity contribution >= 4 is 17.5 Å². The highest BCUT2D eigenvalue weighted by Gasteiger charge is 2.40. The van der Waals surface area contributed by atoms with Crippen LogP contribution in [0.4, 0.5) is 0 Å². The van der Waals surface area contributed by atoms with Gasteiger partial charge in [-0.3, -0.25) is 4.79 Å². The first-order valence-corrected chi connectivity index (χ1v) is 5.24. The maximum absolute atomic E-state index is 11.7. The third-order valence-electron chi connectivity index (χ3n) is 2.68. The number of nitrogens with zero attached hydrogens (tertiary/aromatic N) is 1. The molecule has 1 rings (SSSR count). The summed E-state index contributed by atoms with van der Waals surface area (Å²) >= 11 is 5.79. The first-order valence-electron chi connectivity index (χ1n) is 4.80. The van der Waals surface area contributed by atoms with Gasteiger partial charge in [0.15, 0.2) is 0 Å². The maximum atomic E-state index is 11.7. The van der Waals surface area contributed by atoms with Crippen LogP contribution in [-0.2, 0) is 4.79 Å². The summed E-state index contributed by atoms with van der Waals surface area (Å²) < 4.78 is 0. The molecule has 0 spiro atoms. The molecular formula is C10H18ClNO. The van der Waals surface area contributed by atoms with Crippen LogP contribution in [0.3, 0.4) is 0 Å². The Bertz CT molecular complexity index is 213. The molecule has 0 aromatic heterocycles. The fourth-order valence-electron chi connectivity index (χ4n) is 2.19. The van der Waals surface area contributed by atoms with E-state index in [1.807, 2.05) is 4.90 Å². The Morgan fingerprint density at radius 2 is 2.15 bits per heavy atom. The molecule has 1 aliphatic heterocycles. The summed E-state index contributed by atoms with van der Waals surface area (Å²) in [5.41, 5.74) is -0.0142. The van der Waals surface area contributed by atoms with Crippen LogP contribution in [0.5, 0.6) is 0 Å². The van der Waals surface area contributed by atoms with Crippen molar-refractivity contribution in [3.63, 3.8) is 0 Å². The minimum Gasteiger partial charge on any atom is -0.336 e. The summed E-state index contributed by atoms with van der Waals surface area (Å²) in [6, 6.07) is 0. The second-order valence-electron chi connectivity index (χ2n) is 4.69. The van der Waals surface area contributed by atoms with Gasteiger partial charge in [0, 0.05) is 12.1 Å². The lowest BCUT2D eigenvalue weighted by atomic mass is 9.97. The first kappa shape index (κ1) is 10.8. The fraction of sp³-hybridized carbons (Fsp3) is 0.900. The molecule has 2 nitrogen and oxygen atoms in total. The van der Waals surface area contributed by atoms with Gasteiger partial charge in [-0.15, -0.1) is 11.6 Å². The summed E-state index contributed by atoms with van der Waals surface area (Å²) in [4.78, 5) is 13.6. The van der Waals surface area contributed by atoms with E-state index in [-0.39, 0.29) is 11.4 Å². The van der Waals surface area contributed by atoms with Crippen molar-refractivity contribution in [2.75, 3.05) is 6.54 Å². The molecule has 13 heavy (non-hydrogen) atoms. The van der Waals surface area contributed by atoms with E-state index in [0.717, 1.165) is 13.0 Å². The topological polar surface area (TPSA) is 20.3 Å². The average Bonchev–Trinajstić information content (AvgIpc) is 2.22. The molecule has 1 amide bonds. The van der Waals surface area contributed by atoms with Crippen molar-refractivity contribution < 1.29 is 4.79 Å². The van der Waals surface area contributed by atoms with Crippen LogP contribution in [0.25, 0.3) is 0 Å². The highest BCUT2D eigenvalue weighted by Crippen LogP contribution is 2.33. The SMILES string of the molecule is CC1CN(C(=O)C(C)Cl)C(C)(C)C1. The molecule has 2 unspecified atom stereocenters. The number of halogens is 1. The molecule has 1 fully saturated rings. The smallest absolute Gasteiger partial charge is 0.240 e. The van der Waals surface area contributed by atoms with Crippen molar-refractivity contribution in [2.24, 2.45) is 5.92 Å². The third-order valence-corrected chi connectivity index (χ3v) is 2.87. The minimum atomic E-state index is -0.399. The van der Waals surface area contributed by atoms with E-state index in [4.69, 9.17) is 11.6 Å². The van der Waals surface area contributed by atoms with Gasteiger partial charge in [-0.05, 0) is 33.1 Å². The van der Waals surface area contributed by atoms with Gasteiger partial charge < -0.3 is 4.90 Å². The predicted octanol–water partition coefficient (Wildman–Crippen LogP) is 2.26. The largest absolute Gasteiger partial charge is 0.336 e. The van der Waals surface area contributed by atoms with Crippen LogP contribution in [0.15, 0.2) is 0 Å². The maximum Gasteiger partial charge on any atom is 0.240 e. The Balaban J connectivity index is 2.75. The van der Waals surface area contributed by atoms with Crippen LogP contribution in [0, 0.1) is 5.92 Å². The van der Waals surface area contributed by atoms with Gasteiger partial charge in [0.1, 0.15) is 5.38 Å². The van der Waals surface area contributed by atoms with E-state index in [1.165, 1.54) is 0 Å².